The average molecular weight is 462 g/mol. The molecule has 2 unspecified atom stereocenters. The predicted molar refractivity (Wildman–Crippen MR) is 125 cm³/mol. The van der Waals surface area contributed by atoms with E-state index in [1.807, 2.05) is 27.7 Å². The van der Waals surface area contributed by atoms with Gasteiger partial charge in [0.05, 0.1) is 24.5 Å². The minimum absolute atomic E-state index is 0.0276. The van der Waals surface area contributed by atoms with Gasteiger partial charge in [-0.15, -0.1) is 13.2 Å². The number of rotatable bonds is 10. The fourth-order valence-corrected chi connectivity index (χ4v) is 5.96. The molecule has 8 heteroatoms. The highest BCUT2D eigenvalue weighted by molar-refractivity contribution is 5.99. The summed E-state index contributed by atoms with van der Waals surface area (Å²) in [4.78, 5) is 46.2. The number of fused-ring (bicyclic) bond motifs is 1. The van der Waals surface area contributed by atoms with Gasteiger partial charge in [-0.3, -0.25) is 14.4 Å². The molecular weight excluding hydrogens is 422 g/mol. The number of amides is 3. The Morgan fingerprint density at radius 2 is 1.91 bits per heavy atom. The third-order valence-electron chi connectivity index (χ3n) is 7.20. The van der Waals surface area contributed by atoms with E-state index < -0.39 is 29.0 Å². The summed E-state index contributed by atoms with van der Waals surface area (Å²) in [7, 11) is 0. The summed E-state index contributed by atoms with van der Waals surface area (Å²) in [6.07, 6.45) is 4.93. The molecule has 0 aromatic carbocycles. The molecule has 0 aliphatic carbocycles. The summed E-state index contributed by atoms with van der Waals surface area (Å²) in [5, 5.41) is 9.72. The molecule has 3 rings (SSSR count). The van der Waals surface area contributed by atoms with Crippen molar-refractivity contribution in [2.45, 2.75) is 70.2 Å². The zero-order valence-corrected chi connectivity index (χ0v) is 20.5. The van der Waals surface area contributed by atoms with Crippen molar-refractivity contribution in [1.82, 2.24) is 14.7 Å². The molecule has 8 nitrogen and oxygen atoms in total. The van der Waals surface area contributed by atoms with Crippen LogP contribution in [0.25, 0.3) is 0 Å². The topological polar surface area (TPSA) is 90.4 Å². The van der Waals surface area contributed by atoms with Crippen LogP contribution < -0.4 is 0 Å². The van der Waals surface area contributed by atoms with E-state index in [1.54, 1.807) is 22.0 Å². The van der Waals surface area contributed by atoms with Gasteiger partial charge in [0.15, 0.2) is 0 Å². The number of carbonyl (C=O) groups is 3. The first-order valence-electron chi connectivity index (χ1n) is 12.0. The van der Waals surface area contributed by atoms with E-state index in [1.165, 1.54) is 4.90 Å². The second-order valence-corrected chi connectivity index (χ2v) is 10.3. The van der Waals surface area contributed by atoms with Gasteiger partial charge in [-0.05, 0) is 40.0 Å². The maximum Gasteiger partial charge on any atom is 0.249 e. The van der Waals surface area contributed by atoms with E-state index in [9.17, 15) is 19.5 Å². The summed E-state index contributed by atoms with van der Waals surface area (Å²) in [5.74, 6) is -1.96. The highest BCUT2D eigenvalue weighted by Crippen LogP contribution is 2.59. The molecule has 0 radical (unpaired) electrons. The number of hydrogen-bond acceptors (Lipinski definition) is 5. The molecule has 3 amide bonds. The normalized spacial score (nSPS) is 30.3. The Balaban J connectivity index is 2.04. The van der Waals surface area contributed by atoms with E-state index in [0.717, 1.165) is 6.42 Å². The molecule has 33 heavy (non-hydrogen) atoms. The molecule has 2 bridgehead atoms. The van der Waals surface area contributed by atoms with Crippen molar-refractivity contribution in [3.8, 4) is 0 Å². The highest BCUT2D eigenvalue weighted by atomic mass is 16.5. The van der Waals surface area contributed by atoms with E-state index in [0.29, 0.717) is 32.5 Å². The number of ether oxygens (including phenoxy) is 1. The highest BCUT2D eigenvalue weighted by Gasteiger charge is 2.75. The fourth-order valence-electron chi connectivity index (χ4n) is 5.96. The fraction of sp³-hybridized carbons (Fsp3) is 0.720. The lowest BCUT2D eigenvalue weighted by molar-refractivity contribution is -0.152. The third-order valence-corrected chi connectivity index (χ3v) is 7.20. The van der Waals surface area contributed by atoms with Crippen molar-refractivity contribution in [2.24, 2.45) is 11.8 Å². The second kappa shape index (κ2) is 9.58. The minimum atomic E-state index is -1.05. The zero-order chi connectivity index (χ0) is 24.6. The number of likely N-dealkylation sites (tertiary alicyclic amines) is 1. The monoisotopic (exact) mass is 461 g/mol. The number of aliphatic hydroxyl groups is 1. The molecule has 0 saturated carbocycles. The van der Waals surface area contributed by atoms with Gasteiger partial charge in [-0.1, -0.05) is 19.1 Å². The van der Waals surface area contributed by atoms with Crippen molar-refractivity contribution in [1.29, 1.82) is 0 Å². The molecule has 0 aromatic heterocycles. The quantitative estimate of drug-likeness (QED) is 0.499. The molecule has 3 aliphatic rings. The lowest BCUT2D eigenvalue weighted by atomic mass is 9.70. The Hall–Kier alpha value is -2.19. The van der Waals surface area contributed by atoms with Crippen LogP contribution in [0.5, 0.6) is 0 Å². The van der Waals surface area contributed by atoms with Crippen LogP contribution in [0.3, 0.4) is 0 Å². The molecule has 184 valence electrons. The number of aliphatic hydroxyl groups excluding tert-OH is 1. The van der Waals surface area contributed by atoms with Crippen molar-refractivity contribution in [3.05, 3.63) is 25.3 Å². The Morgan fingerprint density at radius 1 is 1.24 bits per heavy atom. The molecule has 0 aromatic rings. The average Bonchev–Trinajstić information content (AvgIpc) is 3.38. The lowest BCUT2D eigenvalue weighted by Crippen LogP contribution is -2.60. The van der Waals surface area contributed by atoms with Gasteiger partial charge >= 0.3 is 0 Å². The number of carbonyl (C=O) groups excluding carboxylic acids is 3. The van der Waals surface area contributed by atoms with Gasteiger partial charge in [0, 0.05) is 31.7 Å². The Labute approximate surface area is 197 Å². The maximum absolute atomic E-state index is 14.0. The smallest absolute Gasteiger partial charge is 0.249 e. The Morgan fingerprint density at radius 3 is 2.45 bits per heavy atom. The van der Waals surface area contributed by atoms with E-state index in [4.69, 9.17) is 4.74 Å². The summed E-state index contributed by atoms with van der Waals surface area (Å²) in [6, 6.07) is -0.872. The van der Waals surface area contributed by atoms with Gasteiger partial charge in [-0.25, -0.2) is 0 Å². The molecule has 3 saturated heterocycles. The summed E-state index contributed by atoms with van der Waals surface area (Å²) in [6.45, 7) is 16.4. The van der Waals surface area contributed by atoms with E-state index in [2.05, 4.69) is 13.2 Å². The van der Waals surface area contributed by atoms with Crippen LogP contribution in [-0.4, -0.2) is 93.6 Å². The van der Waals surface area contributed by atoms with Crippen LogP contribution in [-0.2, 0) is 19.1 Å². The first-order chi connectivity index (χ1) is 15.6. The van der Waals surface area contributed by atoms with Crippen LogP contribution in [0.2, 0.25) is 0 Å². The molecule has 3 heterocycles. The molecular formula is C25H39N3O5. The van der Waals surface area contributed by atoms with E-state index >= 15 is 0 Å². The van der Waals surface area contributed by atoms with Gasteiger partial charge in [0.1, 0.15) is 11.6 Å². The summed E-state index contributed by atoms with van der Waals surface area (Å²) in [5.41, 5.74) is -1.55. The number of nitrogens with zero attached hydrogens (tertiary/aromatic N) is 3. The lowest BCUT2D eigenvalue weighted by Gasteiger charge is -2.42. The Bertz CT molecular complexity index is 806. The molecule has 1 spiro atoms. The van der Waals surface area contributed by atoms with Crippen LogP contribution in [0, 0.1) is 11.8 Å². The number of hydrogen-bond donors (Lipinski definition) is 1. The molecule has 5 atom stereocenters. The molecule has 3 fully saturated rings. The Kier molecular flexibility index (Phi) is 7.39. The standard InChI is InChI=1S/C25H39N3O5/c1-7-12-26(13-8-2)21(30)18-17-10-11-25(33-17)19(18)22(31)27(15-16-29)20(25)23(32)28(14-9-3)24(4,5)6/h7,9,17-20,29H,1,3,8,10-16H2,2,4-6H3/t17-,18+,19+,20?,25?/m1/s1. The third kappa shape index (κ3) is 4.12. The SMILES string of the molecule is C=CCN(CCC)C(=O)[C@@H]1[C@H]2C(=O)N(CCO)C(C(=O)N(CC=C)C(C)(C)C)C23CC[C@H]1O3. The predicted octanol–water partition coefficient (Wildman–Crippen LogP) is 1.59. The van der Waals surface area contributed by atoms with E-state index in [-0.39, 0.29) is 37.0 Å². The first-order valence-corrected chi connectivity index (χ1v) is 12.0. The number of β-amino-alcohol motifs (C(OH)–C–C–N with tert-alkyl or cyclic N) is 1. The van der Waals surface area contributed by atoms with Crippen LogP contribution in [0.15, 0.2) is 25.3 Å². The minimum Gasteiger partial charge on any atom is -0.395 e. The molecule has 1 N–H and O–H groups in total. The van der Waals surface area contributed by atoms with Crippen molar-refractivity contribution in [3.63, 3.8) is 0 Å². The van der Waals surface area contributed by atoms with Gasteiger partial charge < -0.3 is 24.5 Å². The van der Waals surface area contributed by atoms with Crippen LogP contribution >= 0.6 is 0 Å². The summed E-state index contributed by atoms with van der Waals surface area (Å²) < 4.78 is 6.45. The van der Waals surface area contributed by atoms with Crippen molar-refractivity contribution < 1.29 is 24.2 Å². The van der Waals surface area contributed by atoms with Crippen molar-refractivity contribution in [2.75, 3.05) is 32.8 Å². The van der Waals surface area contributed by atoms with Gasteiger partial charge in [0.25, 0.3) is 0 Å². The van der Waals surface area contributed by atoms with Crippen molar-refractivity contribution >= 4 is 17.7 Å². The van der Waals surface area contributed by atoms with Gasteiger partial charge in [0.2, 0.25) is 17.7 Å². The second-order valence-electron chi connectivity index (χ2n) is 10.3. The van der Waals surface area contributed by atoms with Crippen LogP contribution in [0.1, 0.15) is 47.0 Å². The first kappa shape index (κ1) is 25.4. The summed E-state index contributed by atoms with van der Waals surface area (Å²) >= 11 is 0. The van der Waals surface area contributed by atoms with Crippen LogP contribution in [0.4, 0.5) is 0 Å². The van der Waals surface area contributed by atoms with Gasteiger partial charge in [-0.2, -0.15) is 0 Å². The zero-order valence-electron chi connectivity index (χ0n) is 20.5. The maximum atomic E-state index is 14.0. The molecule has 3 aliphatic heterocycles. The largest absolute Gasteiger partial charge is 0.395 e.